The highest BCUT2D eigenvalue weighted by atomic mass is 35.5. The van der Waals surface area contributed by atoms with Gasteiger partial charge >= 0.3 is 5.97 Å². The van der Waals surface area contributed by atoms with Gasteiger partial charge in [0.1, 0.15) is 23.9 Å². The molecule has 7 nitrogen and oxygen atoms in total. The molecule has 0 spiro atoms. The molecule has 1 atom stereocenters. The van der Waals surface area contributed by atoms with Gasteiger partial charge in [-0.1, -0.05) is 13.8 Å². The molecule has 0 aliphatic carbocycles. The summed E-state index contributed by atoms with van der Waals surface area (Å²) in [4.78, 5) is 15.9. The van der Waals surface area contributed by atoms with Gasteiger partial charge in [-0.3, -0.25) is 0 Å². The zero-order valence-electron chi connectivity index (χ0n) is 22.8. The third-order valence-electron chi connectivity index (χ3n) is 6.95. The van der Waals surface area contributed by atoms with Crippen LogP contribution in [0, 0.1) is 5.92 Å². The fraction of sp³-hybridized carbons (Fsp3) is 0.323. The second kappa shape index (κ2) is 12.5. The molecule has 0 saturated carbocycles. The maximum Gasteiger partial charge on any atom is 0.338 e. The van der Waals surface area contributed by atoms with Gasteiger partial charge < -0.3 is 41.7 Å². The van der Waals surface area contributed by atoms with E-state index in [1.54, 1.807) is 38.5 Å². The number of nitrogens with one attached hydrogen (secondary N) is 1. The van der Waals surface area contributed by atoms with Crippen LogP contribution in [0.15, 0.2) is 60.7 Å². The molecule has 1 unspecified atom stereocenters. The number of esters is 1. The number of ether oxygens (including phenoxy) is 4. The summed E-state index contributed by atoms with van der Waals surface area (Å²) < 4.78 is 22.5. The van der Waals surface area contributed by atoms with Gasteiger partial charge in [0.15, 0.2) is 6.04 Å². The van der Waals surface area contributed by atoms with E-state index in [2.05, 4.69) is 34.6 Å². The molecular weight excluding hydrogens is 516 g/mol. The van der Waals surface area contributed by atoms with Crippen molar-refractivity contribution in [1.82, 2.24) is 4.98 Å². The number of carbonyl (C=O) groups is 1. The molecule has 39 heavy (non-hydrogen) atoms. The molecule has 4 aromatic rings. The van der Waals surface area contributed by atoms with E-state index in [0.29, 0.717) is 30.4 Å². The predicted octanol–water partition coefficient (Wildman–Crippen LogP) is 1.79. The molecule has 2 heterocycles. The summed E-state index contributed by atoms with van der Waals surface area (Å²) in [5.41, 5.74) is 6.38. The standard InChI is InChI=1S/C31H34N2O5.ClH/c1-19(2)17-38-31(34)20-5-8-23(9-6-20)37-18-22-15-21(7-12-28(22)36-4)29-30-25(13-14-32-29)26-16-24(35-3)10-11-27(26)33-30;/h5-12,15-16,19,29,32-33H,13-14,17-18H2,1-4H3;1H. The second-order valence-electron chi connectivity index (χ2n) is 10.1. The minimum atomic E-state index is -0.321. The summed E-state index contributed by atoms with van der Waals surface area (Å²) in [6.45, 7) is 5.77. The minimum Gasteiger partial charge on any atom is -1.00 e. The van der Waals surface area contributed by atoms with Gasteiger partial charge in [-0.2, -0.15) is 0 Å². The van der Waals surface area contributed by atoms with Crippen molar-refractivity contribution in [2.24, 2.45) is 5.92 Å². The van der Waals surface area contributed by atoms with Crippen molar-refractivity contribution in [1.29, 1.82) is 0 Å². The molecule has 1 aliphatic rings. The molecule has 0 saturated heterocycles. The van der Waals surface area contributed by atoms with Crippen molar-refractivity contribution in [3.8, 4) is 17.2 Å². The number of rotatable bonds is 9. The maximum absolute atomic E-state index is 12.2. The van der Waals surface area contributed by atoms with E-state index in [1.165, 1.54) is 22.2 Å². The van der Waals surface area contributed by atoms with Gasteiger partial charge in [-0.05, 0) is 72.1 Å². The van der Waals surface area contributed by atoms with Gasteiger partial charge in [0.2, 0.25) is 0 Å². The number of benzene rings is 3. The van der Waals surface area contributed by atoms with E-state index >= 15 is 0 Å². The maximum atomic E-state index is 12.2. The first kappa shape index (κ1) is 28.3. The number of quaternary nitrogens is 1. The Labute approximate surface area is 235 Å². The first-order valence-electron chi connectivity index (χ1n) is 13.1. The summed E-state index contributed by atoms with van der Waals surface area (Å²) in [6, 6.07) is 19.7. The Bertz CT molecular complexity index is 1430. The molecule has 1 aliphatic heterocycles. The number of halogens is 1. The molecule has 0 radical (unpaired) electrons. The van der Waals surface area contributed by atoms with Gasteiger partial charge in [-0.15, -0.1) is 0 Å². The zero-order chi connectivity index (χ0) is 26.6. The van der Waals surface area contributed by atoms with Crippen LogP contribution in [0.3, 0.4) is 0 Å². The zero-order valence-corrected chi connectivity index (χ0v) is 23.5. The lowest BCUT2D eigenvalue weighted by molar-refractivity contribution is -0.690. The second-order valence-corrected chi connectivity index (χ2v) is 10.1. The lowest BCUT2D eigenvalue weighted by Gasteiger charge is -2.22. The minimum absolute atomic E-state index is 0. The summed E-state index contributed by atoms with van der Waals surface area (Å²) in [5, 5.41) is 3.60. The average molecular weight is 551 g/mol. The van der Waals surface area contributed by atoms with Crippen molar-refractivity contribution < 1.29 is 41.5 Å². The summed E-state index contributed by atoms with van der Waals surface area (Å²) >= 11 is 0. The SMILES string of the molecule is COc1ccc2[nH]c3c(c2c1)CC[NH2+]C3c1ccc(OC)c(COc2ccc(C(=O)OCC(C)C)cc2)c1.[Cl-]. The smallest absolute Gasteiger partial charge is 0.338 e. The molecule has 3 N–H and O–H groups in total. The van der Waals surface area contributed by atoms with Crippen molar-refractivity contribution in [2.45, 2.75) is 32.9 Å². The van der Waals surface area contributed by atoms with Crippen LogP contribution in [-0.2, 0) is 17.8 Å². The normalized spacial score (nSPS) is 14.4. The Hall–Kier alpha value is -3.68. The van der Waals surface area contributed by atoms with Crippen LogP contribution in [0.4, 0.5) is 0 Å². The van der Waals surface area contributed by atoms with E-state index < -0.39 is 0 Å². The Balaban J connectivity index is 0.00000353. The summed E-state index contributed by atoms with van der Waals surface area (Å²) in [5.74, 6) is 2.30. The Morgan fingerprint density at radius 3 is 2.49 bits per heavy atom. The molecule has 3 aromatic carbocycles. The average Bonchev–Trinajstić information content (AvgIpc) is 3.33. The Morgan fingerprint density at radius 2 is 1.77 bits per heavy atom. The molecular formula is C31H35ClN2O5. The number of hydrogen-bond donors (Lipinski definition) is 2. The van der Waals surface area contributed by atoms with Crippen LogP contribution in [0.5, 0.6) is 17.2 Å². The Morgan fingerprint density at radius 1 is 1.00 bits per heavy atom. The van der Waals surface area contributed by atoms with E-state index in [-0.39, 0.29) is 24.4 Å². The summed E-state index contributed by atoms with van der Waals surface area (Å²) in [7, 11) is 3.38. The fourth-order valence-corrected chi connectivity index (χ4v) is 5.00. The number of fused-ring (bicyclic) bond motifs is 3. The van der Waals surface area contributed by atoms with E-state index in [9.17, 15) is 4.79 Å². The number of H-pyrrole nitrogens is 1. The molecule has 1 aromatic heterocycles. The molecule has 0 bridgehead atoms. The lowest BCUT2D eigenvalue weighted by Crippen LogP contribution is -3.00. The monoisotopic (exact) mass is 550 g/mol. The van der Waals surface area contributed by atoms with Crippen LogP contribution in [0.2, 0.25) is 0 Å². The van der Waals surface area contributed by atoms with Crippen molar-refractivity contribution >= 4 is 16.9 Å². The molecule has 0 fully saturated rings. The summed E-state index contributed by atoms with van der Waals surface area (Å²) in [6.07, 6.45) is 1.01. The van der Waals surface area contributed by atoms with E-state index in [1.807, 2.05) is 26.0 Å². The Kier molecular flexibility index (Phi) is 9.04. The van der Waals surface area contributed by atoms with Gasteiger partial charge in [0, 0.05) is 28.5 Å². The topological polar surface area (TPSA) is 86.4 Å². The molecule has 8 heteroatoms. The number of nitrogens with two attached hydrogens (primary N) is 1. The molecule has 5 rings (SSSR count). The van der Waals surface area contributed by atoms with Crippen molar-refractivity contribution in [3.63, 3.8) is 0 Å². The van der Waals surface area contributed by atoms with Crippen LogP contribution in [-0.4, -0.2) is 38.3 Å². The lowest BCUT2D eigenvalue weighted by atomic mass is 9.93. The third kappa shape index (κ3) is 6.15. The fourth-order valence-electron chi connectivity index (χ4n) is 5.00. The van der Waals surface area contributed by atoms with Crippen LogP contribution >= 0.6 is 0 Å². The van der Waals surface area contributed by atoms with Gasteiger partial charge in [0.25, 0.3) is 0 Å². The quantitative estimate of drug-likeness (QED) is 0.310. The van der Waals surface area contributed by atoms with Gasteiger partial charge in [-0.25, -0.2) is 4.79 Å². The number of methoxy groups -OCH3 is 2. The largest absolute Gasteiger partial charge is 1.00 e. The van der Waals surface area contributed by atoms with Crippen molar-refractivity contribution in [3.05, 3.63) is 88.6 Å². The molecule has 0 amide bonds. The first-order chi connectivity index (χ1) is 18.5. The number of aromatic nitrogens is 1. The number of aromatic amines is 1. The predicted molar refractivity (Wildman–Crippen MR) is 146 cm³/mol. The van der Waals surface area contributed by atoms with E-state index in [0.717, 1.165) is 35.5 Å². The van der Waals surface area contributed by atoms with Crippen molar-refractivity contribution in [2.75, 3.05) is 27.4 Å². The number of hydrogen-bond acceptors (Lipinski definition) is 5. The third-order valence-corrected chi connectivity index (χ3v) is 6.95. The van der Waals surface area contributed by atoms with Crippen LogP contribution in [0.1, 0.15) is 52.6 Å². The number of carbonyl (C=O) groups excluding carboxylic acids is 1. The first-order valence-corrected chi connectivity index (χ1v) is 13.1. The van der Waals surface area contributed by atoms with E-state index in [4.69, 9.17) is 18.9 Å². The highest BCUT2D eigenvalue weighted by Gasteiger charge is 2.29. The highest BCUT2D eigenvalue weighted by Crippen LogP contribution is 2.34. The highest BCUT2D eigenvalue weighted by molar-refractivity contribution is 5.89. The van der Waals surface area contributed by atoms with Crippen LogP contribution in [0.25, 0.3) is 10.9 Å². The van der Waals surface area contributed by atoms with Gasteiger partial charge in [0.05, 0.1) is 38.6 Å². The van der Waals surface area contributed by atoms with Crippen LogP contribution < -0.4 is 31.9 Å². The molecule has 206 valence electrons.